The van der Waals surface area contributed by atoms with Gasteiger partial charge in [-0.05, 0) is 153 Å². The Morgan fingerprint density at radius 2 is 1.06 bits per heavy atom. The van der Waals surface area contributed by atoms with Gasteiger partial charge in [0, 0.05) is 104 Å². The molecule has 6 amide bonds. The fraction of sp³-hybridized carbons (Fsp3) is 0.841. The van der Waals surface area contributed by atoms with Crippen LogP contribution >= 0.6 is 0 Å². The molecule has 22 heteroatoms. The van der Waals surface area contributed by atoms with Crippen LogP contribution in [0.2, 0.25) is 0 Å². The highest BCUT2D eigenvalue weighted by molar-refractivity contribution is 5.99. The van der Waals surface area contributed by atoms with Gasteiger partial charge in [-0.3, -0.25) is 57.6 Å². The van der Waals surface area contributed by atoms with E-state index in [0.717, 1.165) is 32.0 Å². The van der Waals surface area contributed by atoms with Crippen molar-refractivity contribution >= 4 is 64.4 Å². The van der Waals surface area contributed by atoms with E-state index in [-0.39, 0.29) is 82.1 Å². The van der Waals surface area contributed by atoms with E-state index < -0.39 is 161 Å². The molecule has 3 aliphatic rings. The van der Waals surface area contributed by atoms with Crippen LogP contribution < -0.4 is 10.6 Å². The summed E-state index contributed by atoms with van der Waals surface area (Å²) in [6.45, 7) is 41.4. The number of ether oxygens (including phenoxy) is 2. The molecule has 0 spiro atoms. The number of rotatable bonds is 25. The Morgan fingerprint density at radius 3 is 1.59 bits per heavy atom. The van der Waals surface area contributed by atoms with Gasteiger partial charge in [0.15, 0.2) is 28.9 Å². The summed E-state index contributed by atoms with van der Waals surface area (Å²) in [5.41, 5.74) is 0. The van der Waals surface area contributed by atoms with Gasteiger partial charge in [0.25, 0.3) is 0 Å². The van der Waals surface area contributed by atoms with Crippen LogP contribution in [0.1, 0.15) is 247 Å². The zero-order chi connectivity index (χ0) is 78.8. The van der Waals surface area contributed by atoms with Gasteiger partial charge in [0.2, 0.25) is 35.4 Å². The summed E-state index contributed by atoms with van der Waals surface area (Å²) >= 11 is 0. The summed E-state index contributed by atoms with van der Waals surface area (Å²) in [6, 6.07) is -6.62. The SMILES string of the molecule is C/C=C/C[C@@H](C)[C@@H](O)[C@@H]1CC(=O)[C@H](C(C)C)N(C)C(=O)[C@H](CC(C)C)CC(=O)[C@H](CC(C)C)N(C)C(=O)[C@@H](C)NC(=O)[C@H](C)CC(=O)[C@H](CC(C)C)N(C)C(=O)[C@H](C(C)C)CC(=O)[C@H]([C@@H](C)OCCCCN2CCOCC2)N(C)C(=O)CCC(=O)[C@H](CC)NC1=O.CC(C)CCCCN1CCCCC1. The topological polar surface area (TPSA) is 270 Å². The lowest BCUT2D eigenvalue weighted by atomic mass is 9.82. The number of aliphatic hydroxyl groups is 1. The molecule has 0 aromatic rings. The molecule has 3 rings (SSSR count). The quantitative estimate of drug-likeness (QED) is 0.0566. The molecule has 0 aromatic heterocycles. The summed E-state index contributed by atoms with van der Waals surface area (Å²) in [5.74, 6) is -10.8. The van der Waals surface area contributed by atoms with Crippen LogP contribution in [0, 0.1) is 65.1 Å². The molecular formula is C82H146N8O14. The predicted octanol–water partition coefficient (Wildman–Crippen LogP) is 10.6. The molecule has 598 valence electrons. The molecule has 0 saturated carbocycles. The van der Waals surface area contributed by atoms with Gasteiger partial charge in [-0.15, -0.1) is 0 Å². The van der Waals surface area contributed by atoms with Gasteiger partial charge in [-0.25, -0.2) is 0 Å². The number of unbranched alkanes of at least 4 members (excludes halogenated alkanes) is 2. The number of likely N-dealkylation sites (tertiary alicyclic amines) is 1. The van der Waals surface area contributed by atoms with Crippen molar-refractivity contribution in [2.24, 2.45) is 65.1 Å². The summed E-state index contributed by atoms with van der Waals surface area (Å²) in [6.07, 6.45) is 10.5. The molecule has 3 saturated heterocycles. The number of hydrogen-bond acceptors (Lipinski definition) is 16. The molecule has 22 nitrogen and oxygen atoms in total. The van der Waals surface area contributed by atoms with Gasteiger partial charge < -0.3 is 49.7 Å². The monoisotopic (exact) mass is 1470 g/mol. The second-order valence-electron chi connectivity index (χ2n) is 33.1. The number of piperidine rings is 1. The molecule has 104 heavy (non-hydrogen) atoms. The predicted molar refractivity (Wildman–Crippen MR) is 412 cm³/mol. The van der Waals surface area contributed by atoms with Crippen molar-refractivity contribution in [2.45, 2.75) is 295 Å². The molecular weight excluding hydrogens is 1320 g/mol. The number of hydrogen-bond donors (Lipinski definition) is 3. The molecule has 3 heterocycles. The number of aliphatic hydroxyl groups excluding tert-OH is 1. The lowest BCUT2D eigenvalue weighted by Crippen LogP contribution is -2.53. The smallest absolute Gasteiger partial charge is 0.245 e. The van der Waals surface area contributed by atoms with E-state index in [1.54, 1.807) is 55.4 Å². The van der Waals surface area contributed by atoms with Crippen molar-refractivity contribution in [3.63, 3.8) is 0 Å². The zero-order valence-electron chi connectivity index (χ0n) is 68.9. The summed E-state index contributed by atoms with van der Waals surface area (Å²) in [5, 5.41) is 17.6. The van der Waals surface area contributed by atoms with Crippen molar-refractivity contribution in [1.29, 1.82) is 0 Å². The van der Waals surface area contributed by atoms with E-state index in [4.69, 9.17) is 9.47 Å². The Bertz CT molecular complexity index is 2690. The fourth-order valence-corrected chi connectivity index (χ4v) is 14.9. The van der Waals surface area contributed by atoms with Crippen molar-refractivity contribution in [3.05, 3.63) is 12.2 Å². The van der Waals surface area contributed by atoms with Crippen LogP contribution in [0.15, 0.2) is 12.2 Å². The number of ketones is 5. The molecule has 0 aliphatic carbocycles. The number of nitrogens with zero attached hydrogens (tertiary/aromatic N) is 6. The first-order valence-corrected chi connectivity index (χ1v) is 40.0. The summed E-state index contributed by atoms with van der Waals surface area (Å²) < 4.78 is 11.8. The van der Waals surface area contributed by atoms with Crippen LogP contribution in [0.25, 0.3) is 0 Å². The first kappa shape index (κ1) is 94.8. The minimum atomic E-state index is -1.38. The Kier molecular flexibility index (Phi) is 44.6. The highest BCUT2D eigenvalue weighted by Crippen LogP contribution is 2.30. The van der Waals surface area contributed by atoms with Gasteiger partial charge in [0.05, 0.1) is 55.5 Å². The van der Waals surface area contributed by atoms with Crippen molar-refractivity contribution in [2.75, 3.05) is 87.3 Å². The molecule has 3 fully saturated rings. The van der Waals surface area contributed by atoms with Gasteiger partial charge in [-0.2, -0.15) is 0 Å². The highest BCUT2D eigenvalue weighted by Gasteiger charge is 2.43. The second-order valence-corrected chi connectivity index (χ2v) is 33.1. The minimum Gasteiger partial charge on any atom is -0.392 e. The first-order valence-electron chi connectivity index (χ1n) is 40.0. The molecule has 0 unspecified atom stereocenters. The average molecular weight is 1470 g/mol. The molecule has 3 N–H and O–H groups in total. The molecule has 3 aliphatic heterocycles. The van der Waals surface area contributed by atoms with Gasteiger partial charge in [0.1, 0.15) is 12.1 Å². The first-order chi connectivity index (χ1) is 48.8. The Morgan fingerprint density at radius 1 is 0.529 bits per heavy atom. The Balaban J connectivity index is 0.00000253. The Hall–Kier alpha value is -5.29. The van der Waals surface area contributed by atoms with E-state index >= 15 is 0 Å². The van der Waals surface area contributed by atoms with E-state index in [1.807, 2.05) is 60.6 Å². The van der Waals surface area contributed by atoms with E-state index in [1.165, 1.54) is 113 Å². The number of likely N-dealkylation sites (N-methyl/N-ethyl adjacent to an activating group) is 4. The van der Waals surface area contributed by atoms with Crippen LogP contribution in [0.3, 0.4) is 0 Å². The summed E-state index contributed by atoms with van der Waals surface area (Å²) in [7, 11) is 5.96. The van der Waals surface area contributed by atoms with Crippen molar-refractivity contribution in [1.82, 2.24) is 40.0 Å². The van der Waals surface area contributed by atoms with Crippen LogP contribution in [-0.4, -0.2) is 235 Å². The van der Waals surface area contributed by atoms with Crippen LogP contribution in [0.4, 0.5) is 0 Å². The molecule has 13 atom stereocenters. The third-order valence-electron chi connectivity index (χ3n) is 21.4. The third kappa shape index (κ3) is 32.7. The number of nitrogens with one attached hydrogen (secondary N) is 2. The van der Waals surface area contributed by atoms with Crippen molar-refractivity contribution in [3.8, 4) is 0 Å². The number of Topliss-reactive ketones (excluding diaryl/α,β-unsaturated/α-hetero) is 5. The maximum Gasteiger partial charge on any atom is 0.245 e. The number of allylic oxidation sites excluding steroid dienone is 2. The maximum atomic E-state index is 15.0. The standard InChI is InChI=1S/C70H121N7O14.C12H25N/c1-21-23-26-47(13)65(84)53-41-60(81)63(46(11)12)76(20)69(88)51(35-42(3)4)39-59(80)56(37-44(7)8)73(17)68(87)49(15)71-66(85)48(14)38-58(79)55(36-43(5)6)74(18)70(89)52(45(9)10)40-61(82)64(50(16)91-32-25-24-29-77-30-33-90-34-31-77)75(19)62(83)28-27-57(78)54(22-2)72-67(53)86;1-12(2)8-4-7-11-13-9-5-3-6-10-13/h21,23,42-56,63-65,84H,22,24-41H2,1-20H3,(H,71,85)(H,72,86);12H,3-11H2,1-2H3/b23-21+;/t47-,48-,49-,50-,51-,52+,53+,54+,55+,56+,63+,64+,65-;/m1./s1. The number of carbonyl (C=O) groups is 11. The molecule has 0 aromatic carbocycles. The highest BCUT2D eigenvalue weighted by atomic mass is 16.5. The third-order valence-corrected chi connectivity index (χ3v) is 21.4. The normalized spacial score (nSPS) is 26.5. The second kappa shape index (κ2) is 48.9. The number of carbonyl (C=O) groups excluding carboxylic acids is 11. The fourth-order valence-electron chi connectivity index (χ4n) is 14.9. The van der Waals surface area contributed by atoms with E-state index in [2.05, 4.69) is 34.3 Å². The minimum absolute atomic E-state index is 0.0808. The zero-order valence-corrected chi connectivity index (χ0v) is 68.9. The van der Waals surface area contributed by atoms with Gasteiger partial charge in [-0.1, -0.05) is 135 Å². The largest absolute Gasteiger partial charge is 0.392 e. The molecule has 0 bridgehead atoms. The van der Waals surface area contributed by atoms with Crippen LogP contribution in [0.5, 0.6) is 0 Å². The lowest BCUT2D eigenvalue weighted by Gasteiger charge is -2.36. The summed E-state index contributed by atoms with van der Waals surface area (Å²) in [4.78, 5) is 171. The maximum absolute atomic E-state index is 15.0. The average Bonchev–Trinajstić information content (AvgIpc) is 0.835. The Labute approximate surface area is 628 Å². The number of amides is 6. The van der Waals surface area contributed by atoms with Gasteiger partial charge >= 0.3 is 0 Å². The lowest BCUT2D eigenvalue weighted by molar-refractivity contribution is -0.148. The van der Waals surface area contributed by atoms with E-state index in [0.29, 0.717) is 26.1 Å². The van der Waals surface area contributed by atoms with E-state index in [9.17, 15) is 57.8 Å². The van der Waals surface area contributed by atoms with Crippen LogP contribution in [-0.2, 0) is 62.2 Å². The number of morpholine rings is 1. The molecule has 0 radical (unpaired) electrons. The van der Waals surface area contributed by atoms with Crippen molar-refractivity contribution < 1.29 is 67.3 Å².